The van der Waals surface area contributed by atoms with Crippen molar-refractivity contribution in [2.75, 3.05) is 16.8 Å². The van der Waals surface area contributed by atoms with E-state index in [2.05, 4.69) is 46.2 Å². The maximum atomic E-state index is 12.6. The zero-order valence-corrected chi connectivity index (χ0v) is 18.2. The second kappa shape index (κ2) is 7.59. The van der Waals surface area contributed by atoms with E-state index in [1.54, 1.807) is 31.2 Å². The molecule has 1 aliphatic heterocycles. The van der Waals surface area contributed by atoms with Gasteiger partial charge in [-0.1, -0.05) is 13.8 Å². The van der Waals surface area contributed by atoms with Crippen LogP contribution in [0.2, 0.25) is 0 Å². The zero-order chi connectivity index (χ0) is 19.8. The molecule has 0 atom stereocenters. The van der Waals surface area contributed by atoms with Gasteiger partial charge in [0.25, 0.3) is 15.9 Å². The summed E-state index contributed by atoms with van der Waals surface area (Å²) in [7, 11) is -3.83. The van der Waals surface area contributed by atoms with E-state index in [1.165, 1.54) is 6.07 Å². The van der Waals surface area contributed by atoms with Crippen LogP contribution in [0.3, 0.4) is 0 Å². The molecule has 1 heterocycles. The average molecular weight is 497 g/mol. The van der Waals surface area contributed by atoms with Crippen molar-refractivity contribution in [1.82, 2.24) is 0 Å². The third-order valence-corrected chi connectivity index (χ3v) is 6.19. The molecular weight excluding hydrogens is 477 g/mol. The van der Waals surface area contributed by atoms with E-state index in [-0.39, 0.29) is 16.4 Å². The quantitative estimate of drug-likeness (QED) is 0.645. The van der Waals surface area contributed by atoms with Gasteiger partial charge in [0.1, 0.15) is 10.7 Å². The SMILES string of the molecule is CC1=NS(=O)(=O)c2cc(C(=O)Nc3ccc(I)cc3)ccc2N1CC(C)C. The maximum absolute atomic E-state index is 12.6. The van der Waals surface area contributed by atoms with Crippen molar-refractivity contribution in [2.24, 2.45) is 10.3 Å². The molecule has 0 saturated heterocycles. The summed E-state index contributed by atoms with van der Waals surface area (Å²) >= 11 is 2.18. The topological polar surface area (TPSA) is 78.8 Å². The van der Waals surface area contributed by atoms with Gasteiger partial charge in [-0.2, -0.15) is 8.42 Å². The lowest BCUT2D eigenvalue weighted by atomic mass is 10.1. The van der Waals surface area contributed by atoms with Crippen LogP contribution >= 0.6 is 22.6 Å². The Balaban J connectivity index is 1.96. The van der Waals surface area contributed by atoms with E-state index in [9.17, 15) is 13.2 Å². The minimum absolute atomic E-state index is 0.0593. The molecule has 0 radical (unpaired) electrons. The number of carbonyl (C=O) groups is 1. The lowest BCUT2D eigenvalue weighted by Gasteiger charge is -2.30. The van der Waals surface area contributed by atoms with Crippen LogP contribution in [-0.4, -0.2) is 26.7 Å². The number of amides is 1. The smallest absolute Gasteiger partial charge is 0.286 e. The van der Waals surface area contributed by atoms with Crippen molar-refractivity contribution in [3.63, 3.8) is 0 Å². The van der Waals surface area contributed by atoms with Crippen molar-refractivity contribution in [2.45, 2.75) is 25.7 Å². The van der Waals surface area contributed by atoms with Crippen molar-refractivity contribution >= 4 is 55.7 Å². The van der Waals surface area contributed by atoms with E-state index >= 15 is 0 Å². The van der Waals surface area contributed by atoms with Gasteiger partial charge < -0.3 is 10.2 Å². The number of hydrogen-bond donors (Lipinski definition) is 1. The molecule has 1 aliphatic rings. The van der Waals surface area contributed by atoms with Gasteiger partial charge >= 0.3 is 0 Å². The number of nitrogens with zero attached hydrogens (tertiary/aromatic N) is 2. The van der Waals surface area contributed by atoms with Gasteiger partial charge in [0.05, 0.1) is 5.69 Å². The van der Waals surface area contributed by atoms with E-state index in [1.807, 2.05) is 17.0 Å². The minimum Gasteiger partial charge on any atom is -0.328 e. The Hall–Kier alpha value is -1.94. The number of anilines is 2. The van der Waals surface area contributed by atoms with Crippen molar-refractivity contribution in [3.8, 4) is 0 Å². The van der Waals surface area contributed by atoms with Gasteiger partial charge in [-0.05, 0) is 77.9 Å². The molecule has 0 bridgehead atoms. The highest BCUT2D eigenvalue weighted by atomic mass is 127. The molecule has 8 heteroatoms. The fourth-order valence-electron chi connectivity index (χ4n) is 2.86. The number of rotatable bonds is 4. The number of benzene rings is 2. The first-order valence-corrected chi connectivity index (χ1v) is 11.0. The molecule has 2 aromatic carbocycles. The molecule has 27 heavy (non-hydrogen) atoms. The van der Waals surface area contributed by atoms with Gasteiger partial charge in [-0.15, -0.1) is 4.40 Å². The summed E-state index contributed by atoms with van der Waals surface area (Å²) in [5.41, 5.74) is 1.48. The second-order valence-electron chi connectivity index (χ2n) is 6.76. The maximum Gasteiger partial charge on any atom is 0.286 e. The summed E-state index contributed by atoms with van der Waals surface area (Å²) in [6.07, 6.45) is 0. The molecule has 0 spiro atoms. The zero-order valence-electron chi connectivity index (χ0n) is 15.2. The third kappa shape index (κ3) is 4.32. The van der Waals surface area contributed by atoms with E-state index in [4.69, 9.17) is 0 Å². The normalized spacial score (nSPS) is 15.3. The summed E-state index contributed by atoms with van der Waals surface area (Å²) in [5.74, 6) is 0.399. The van der Waals surface area contributed by atoms with Crippen LogP contribution in [0, 0.1) is 9.49 Å². The molecule has 0 aromatic heterocycles. The highest BCUT2D eigenvalue weighted by Gasteiger charge is 2.30. The second-order valence-corrected chi connectivity index (χ2v) is 9.58. The van der Waals surface area contributed by atoms with Crippen LogP contribution in [0.25, 0.3) is 0 Å². The van der Waals surface area contributed by atoms with E-state index in [0.29, 0.717) is 29.7 Å². The summed E-state index contributed by atoms with van der Waals surface area (Å²) in [6.45, 7) is 6.43. The molecule has 142 valence electrons. The number of amidine groups is 1. The Morgan fingerprint density at radius 3 is 2.48 bits per heavy atom. The predicted molar refractivity (Wildman–Crippen MR) is 116 cm³/mol. The number of sulfonamides is 1. The van der Waals surface area contributed by atoms with Crippen molar-refractivity contribution < 1.29 is 13.2 Å². The first-order valence-electron chi connectivity index (χ1n) is 8.47. The van der Waals surface area contributed by atoms with E-state index in [0.717, 1.165) is 3.57 Å². The summed E-state index contributed by atoms with van der Waals surface area (Å²) in [6, 6.07) is 12.1. The van der Waals surface area contributed by atoms with Crippen molar-refractivity contribution in [1.29, 1.82) is 0 Å². The highest BCUT2D eigenvalue weighted by Crippen LogP contribution is 2.33. The Morgan fingerprint density at radius 2 is 1.85 bits per heavy atom. The van der Waals surface area contributed by atoms with Crippen LogP contribution in [0.15, 0.2) is 51.8 Å². The Kier molecular flexibility index (Phi) is 5.57. The predicted octanol–water partition coefficient (Wildman–Crippen LogP) is 4.13. The average Bonchev–Trinajstić information content (AvgIpc) is 2.59. The lowest BCUT2D eigenvalue weighted by molar-refractivity contribution is 0.102. The number of hydrogen-bond acceptors (Lipinski definition) is 4. The molecule has 0 fully saturated rings. The Bertz CT molecular complexity index is 1010. The first-order chi connectivity index (χ1) is 12.7. The number of carbonyl (C=O) groups excluding carboxylic acids is 1. The Morgan fingerprint density at radius 1 is 1.19 bits per heavy atom. The fourth-order valence-corrected chi connectivity index (χ4v) is 4.49. The van der Waals surface area contributed by atoms with Crippen molar-refractivity contribution in [3.05, 3.63) is 51.6 Å². The molecule has 0 unspecified atom stereocenters. The molecule has 1 amide bonds. The number of nitrogens with one attached hydrogen (secondary N) is 1. The summed E-state index contributed by atoms with van der Waals surface area (Å²) < 4.78 is 30.0. The van der Waals surface area contributed by atoms with Crippen LogP contribution in [0.1, 0.15) is 31.1 Å². The fraction of sp³-hybridized carbons (Fsp3) is 0.263. The summed E-state index contributed by atoms with van der Waals surface area (Å²) in [4.78, 5) is 14.5. The Labute approximate surface area is 172 Å². The highest BCUT2D eigenvalue weighted by molar-refractivity contribution is 14.1. The van der Waals surface area contributed by atoms with Gasteiger partial charge in [-0.25, -0.2) is 0 Å². The van der Waals surface area contributed by atoms with Gasteiger partial charge in [0.2, 0.25) is 0 Å². The molecule has 3 rings (SSSR count). The molecule has 1 N–H and O–H groups in total. The van der Waals surface area contributed by atoms with Gasteiger partial charge in [0.15, 0.2) is 0 Å². The molecule has 2 aromatic rings. The number of halogens is 1. The monoisotopic (exact) mass is 497 g/mol. The third-order valence-electron chi connectivity index (χ3n) is 4.08. The molecule has 6 nitrogen and oxygen atoms in total. The molecule has 0 saturated carbocycles. The summed E-state index contributed by atoms with van der Waals surface area (Å²) in [5, 5.41) is 2.79. The lowest BCUT2D eigenvalue weighted by Crippen LogP contribution is -2.36. The van der Waals surface area contributed by atoms with E-state index < -0.39 is 10.0 Å². The van der Waals surface area contributed by atoms with Crippen LogP contribution in [0.5, 0.6) is 0 Å². The standard InChI is InChI=1S/C19H20IN3O3S/c1-12(2)11-23-13(3)22-27(25,26)18-10-14(4-9-17(18)23)19(24)21-16-7-5-15(20)6-8-16/h4-10,12H,11H2,1-3H3,(H,21,24). The van der Waals surface area contributed by atoms with Crippen LogP contribution in [-0.2, 0) is 10.0 Å². The molecule has 0 aliphatic carbocycles. The van der Waals surface area contributed by atoms with Gasteiger partial charge in [0, 0.05) is 21.4 Å². The first kappa shape index (κ1) is 19.8. The van der Waals surface area contributed by atoms with Crippen LogP contribution in [0.4, 0.5) is 11.4 Å². The minimum atomic E-state index is -3.83. The molecular formula is C19H20IN3O3S. The van der Waals surface area contributed by atoms with Crippen LogP contribution < -0.4 is 10.2 Å². The van der Waals surface area contributed by atoms with Gasteiger partial charge in [-0.3, -0.25) is 4.79 Å². The largest absolute Gasteiger partial charge is 0.328 e. The number of fused-ring (bicyclic) bond motifs is 1.